The van der Waals surface area contributed by atoms with Crippen LogP contribution in [0.2, 0.25) is 0 Å². The number of imide groups is 1. The molecule has 0 aromatic carbocycles. The molecule has 24 heavy (non-hydrogen) atoms. The fraction of sp³-hybridized carbons (Fsp3) is 0.611. The summed E-state index contributed by atoms with van der Waals surface area (Å²) in [5.41, 5.74) is 0. The molecule has 0 bridgehead atoms. The third-order valence-electron chi connectivity index (χ3n) is 5.06. The zero-order valence-electron chi connectivity index (χ0n) is 14.2. The number of fused-ring (bicyclic) bond motifs is 1. The standard InChI is InChI=1S/C18H24N2O4/c1-11-7-8-15(24-11)12(2)19-16(21)9-10-20-17(22)13-5-3-4-6-14(13)18(20)23/h7-8,12-14H,3-6,9-10H2,1-2H3,(H,19,21). The molecule has 6 heteroatoms. The Morgan fingerprint density at radius 3 is 2.42 bits per heavy atom. The molecule has 1 aromatic rings. The zero-order chi connectivity index (χ0) is 17.3. The van der Waals surface area contributed by atoms with E-state index in [9.17, 15) is 14.4 Å². The molecule has 3 unspecified atom stereocenters. The van der Waals surface area contributed by atoms with Gasteiger partial charge in [0.15, 0.2) is 0 Å². The van der Waals surface area contributed by atoms with Gasteiger partial charge in [0, 0.05) is 13.0 Å². The van der Waals surface area contributed by atoms with Gasteiger partial charge < -0.3 is 9.73 Å². The molecule has 2 heterocycles. The highest BCUT2D eigenvalue weighted by molar-refractivity contribution is 6.05. The van der Waals surface area contributed by atoms with Crippen LogP contribution in [0.5, 0.6) is 0 Å². The van der Waals surface area contributed by atoms with Gasteiger partial charge in [-0.15, -0.1) is 0 Å². The molecule has 3 rings (SSSR count). The summed E-state index contributed by atoms with van der Waals surface area (Å²) in [5, 5.41) is 2.84. The molecular formula is C18H24N2O4. The Bertz CT molecular complexity index is 627. The Morgan fingerprint density at radius 2 is 1.88 bits per heavy atom. The number of hydrogen-bond donors (Lipinski definition) is 1. The molecule has 6 nitrogen and oxygen atoms in total. The van der Waals surface area contributed by atoms with Crippen molar-refractivity contribution in [1.82, 2.24) is 10.2 Å². The topological polar surface area (TPSA) is 79.6 Å². The lowest BCUT2D eigenvalue weighted by Gasteiger charge is -2.19. The maximum atomic E-state index is 12.4. The molecule has 3 atom stereocenters. The normalized spacial score (nSPS) is 24.8. The molecule has 130 valence electrons. The summed E-state index contributed by atoms with van der Waals surface area (Å²) in [5.74, 6) is 0.812. The number of furan rings is 1. The summed E-state index contributed by atoms with van der Waals surface area (Å²) in [4.78, 5) is 38.1. The van der Waals surface area contributed by atoms with Gasteiger partial charge in [0.25, 0.3) is 0 Å². The summed E-state index contributed by atoms with van der Waals surface area (Å²) >= 11 is 0. The van der Waals surface area contributed by atoms with E-state index in [-0.39, 0.29) is 48.6 Å². The number of aryl methyl sites for hydroxylation is 1. The number of likely N-dealkylation sites (tertiary alicyclic amines) is 1. The van der Waals surface area contributed by atoms with Crippen molar-refractivity contribution in [3.05, 3.63) is 23.7 Å². The number of nitrogens with zero attached hydrogens (tertiary/aromatic N) is 1. The van der Waals surface area contributed by atoms with E-state index in [0.717, 1.165) is 31.4 Å². The van der Waals surface area contributed by atoms with Crippen molar-refractivity contribution < 1.29 is 18.8 Å². The van der Waals surface area contributed by atoms with Crippen LogP contribution in [-0.4, -0.2) is 29.2 Å². The van der Waals surface area contributed by atoms with Gasteiger partial charge >= 0.3 is 0 Å². The molecule has 1 saturated carbocycles. The van der Waals surface area contributed by atoms with Crippen molar-refractivity contribution in [1.29, 1.82) is 0 Å². The highest BCUT2D eigenvalue weighted by atomic mass is 16.3. The van der Waals surface area contributed by atoms with Crippen molar-refractivity contribution in [3.63, 3.8) is 0 Å². The minimum absolute atomic E-state index is 0.0905. The van der Waals surface area contributed by atoms with Crippen molar-refractivity contribution >= 4 is 17.7 Å². The average molecular weight is 332 g/mol. The second-order valence-electron chi connectivity index (χ2n) is 6.81. The summed E-state index contributed by atoms with van der Waals surface area (Å²) < 4.78 is 5.49. The number of nitrogens with one attached hydrogen (secondary N) is 1. The Hall–Kier alpha value is -2.11. The molecule has 1 N–H and O–H groups in total. The van der Waals surface area contributed by atoms with Gasteiger partial charge in [-0.3, -0.25) is 19.3 Å². The SMILES string of the molecule is Cc1ccc(C(C)NC(=O)CCN2C(=O)C3CCCCC3C2=O)o1. The Labute approximate surface area is 141 Å². The zero-order valence-corrected chi connectivity index (χ0v) is 14.2. The molecule has 1 saturated heterocycles. The Morgan fingerprint density at radius 1 is 1.25 bits per heavy atom. The van der Waals surface area contributed by atoms with Crippen molar-refractivity contribution in [2.75, 3.05) is 6.54 Å². The van der Waals surface area contributed by atoms with Crippen LogP contribution < -0.4 is 5.32 Å². The number of amides is 3. The Balaban J connectivity index is 1.52. The van der Waals surface area contributed by atoms with Crippen LogP contribution in [0.3, 0.4) is 0 Å². The van der Waals surface area contributed by atoms with E-state index >= 15 is 0 Å². The Kier molecular flexibility index (Phi) is 4.73. The molecule has 1 aromatic heterocycles. The maximum Gasteiger partial charge on any atom is 0.233 e. The quantitative estimate of drug-likeness (QED) is 0.839. The van der Waals surface area contributed by atoms with E-state index < -0.39 is 0 Å². The first kappa shape index (κ1) is 16.7. The average Bonchev–Trinajstić information content (AvgIpc) is 3.10. The summed E-state index contributed by atoms with van der Waals surface area (Å²) in [6.45, 7) is 3.86. The first-order valence-corrected chi connectivity index (χ1v) is 8.68. The van der Waals surface area contributed by atoms with Crippen LogP contribution in [0.1, 0.15) is 56.6 Å². The van der Waals surface area contributed by atoms with Gasteiger partial charge in [-0.25, -0.2) is 0 Å². The second-order valence-corrected chi connectivity index (χ2v) is 6.81. The number of hydrogen-bond acceptors (Lipinski definition) is 4. The summed E-state index contributed by atoms with van der Waals surface area (Å²) in [6.07, 6.45) is 3.74. The van der Waals surface area contributed by atoms with Crippen LogP contribution in [0.15, 0.2) is 16.5 Å². The molecule has 2 fully saturated rings. The lowest BCUT2D eigenvalue weighted by Crippen LogP contribution is -2.36. The summed E-state index contributed by atoms with van der Waals surface area (Å²) in [7, 11) is 0. The molecule has 3 amide bonds. The molecular weight excluding hydrogens is 308 g/mol. The van der Waals surface area contributed by atoms with Gasteiger partial charge in [-0.05, 0) is 38.8 Å². The molecule has 1 aliphatic carbocycles. The minimum Gasteiger partial charge on any atom is -0.464 e. The van der Waals surface area contributed by atoms with Crippen LogP contribution >= 0.6 is 0 Å². The lowest BCUT2D eigenvalue weighted by molar-refractivity contribution is -0.140. The van der Waals surface area contributed by atoms with Crippen LogP contribution in [0, 0.1) is 18.8 Å². The fourth-order valence-electron chi connectivity index (χ4n) is 3.74. The highest BCUT2D eigenvalue weighted by Gasteiger charge is 2.47. The maximum absolute atomic E-state index is 12.4. The number of rotatable bonds is 5. The lowest BCUT2D eigenvalue weighted by atomic mass is 9.81. The van der Waals surface area contributed by atoms with Gasteiger partial charge in [-0.1, -0.05) is 12.8 Å². The third-order valence-corrected chi connectivity index (χ3v) is 5.06. The van der Waals surface area contributed by atoms with Crippen LogP contribution in [0.4, 0.5) is 0 Å². The van der Waals surface area contributed by atoms with Gasteiger partial charge in [0.05, 0.1) is 17.9 Å². The smallest absolute Gasteiger partial charge is 0.233 e. The fourth-order valence-corrected chi connectivity index (χ4v) is 3.74. The largest absolute Gasteiger partial charge is 0.464 e. The van der Waals surface area contributed by atoms with E-state index in [1.807, 2.05) is 26.0 Å². The first-order valence-electron chi connectivity index (χ1n) is 8.68. The number of carbonyl (C=O) groups excluding carboxylic acids is 3. The number of carbonyl (C=O) groups is 3. The summed E-state index contributed by atoms with van der Waals surface area (Å²) in [6, 6.07) is 3.44. The van der Waals surface area contributed by atoms with Crippen LogP contribution in [-0.2, 0) is 14.4 Å². The second kappa shape index (κ2) is 6.79. The molecule has 1 aliphatic heterocycles. The van der Waals surface area contributed by atoms with Gasteiger partial charge in [0.1, 0.15) is 11.5 Å². The van der Waals surface area contributed by atoms with Crippen molar-refractivity contribution in [2.24, 2.45) is 11.8 Å². The third kappa shape index (κ3) is 3.23. The first-order chi connectivity index (χ1) is 11.5. The van der Waals surface area contributed by atoms with E-state index in [1.54, 1.807) is 0 Å². The monoisotopic (exact) mass is 332 g/mol. The molecule has 0 spiro atoms. The minimum atomic E-state index is -0.237. The highest BCUT2D eigenvalue weighted by Crippen LogP contribution is 2.37. The van der Waals surface area contributed by atoms with Crippen molar-refractivity contribution in [3.8, 4) is 0 Å². The van der Waals surface area contributed by atoms with E-state index in [0.29, 0.717) is 5.76 Å². The van der Waals surface area contributed by atoms with E-state index in [4.69, 9.17) is 4.42 Å². The predicted molar refractivity (Wildman–Crippen MR) is 86.8 cm³/mol. The van der Waals surface area contributed by atoms with Gasteiger partial charge in [-0.2, -0.15) is 0 Å². The molecule has 0 radical (unpaired) electrons. The van der Waals surface area contributed by atoms with Gasteiger partial charge in [0.2, 0.25) is 17.7 Å². The predicted octanol–water partition coefficient (Wildman–Crippen LogP) is 2.33. The van der Waals surface area contributed by atoms with E-state index in [2.05, 4.69) is 5.32 Å². The molecule has 2 aliphatic rings. The van der Waals surface area contributed by atoms with Crippen LogP contribution in [0.25, 0.3) is 0 Å². The van der Waals surface area contributed by atoms with E-state index in [1.165, 1.54) is 4.90 Å². The van der Waals surface area contributed by atoms with Crippen molar-refractivity contribution in [2.45, 2.75) is 52.0 Å².